The van der Waals surface area contributed by atoms with Crippen molar-refractivity contribution in [3.05, 3.63) is 35.4 Å². The number of ether oxygens (including phenoxy) is 1. The van der Waals surface area contributed by atoms with Gasteiger partial charge < -0.3 is 14.7 Å². The summed E-state index contributed by atoms with van der Waals surface area (Å²) in [6.07, 6.45) is 0.490. The molecule has 0 aliphatic rings. The SMILES string of the molecule is COCC(C)CC(=O)N(C)Cc1ccc(C#CCO)cc1. The molecule has 0 radical (unpaired) electrons. The fraction of sp³-hybridized carbons (Fsp3) is 0.471. The molecule has 1 atom stereocenters. The van der Waals surface area contributed by atoms with Gasteiger partial charge >= 0.3 is 0 Å². The van der Waals surface area contributed by atoms with Gasteiger partial charge in [-0.2, -0.15) is 0 Å². The summed E-state index contributed by atoms with van der Waals surface area (Å²) in [6, 6.07) is 7.68. The molecule has 0 saturated heterocycles. The first-order valence-electron chi connectivity index (χ1n) is 6.98. The first-order chi connectivity index (χ1) is 10.1. The van der Waals surface area contributed by atoms with Gasteiger partial charge in [0.2, 0.25) is 5.91 Å². The van der Waals surface area contributed by atoms with Crippen molar-refractivity contribution in [2.24, 2.45) is 5.92 Å². The zero-order valence-corrected chi connectivity index (χ0v) is 12.9. The number of methoxy groups -OCH3 is 1. The second-order valence-electron chi connectivity index (χ2n) is 5.17. The van der Waals surface area contributed by atoms with Crippen LogP contribution in [0.2, 0.25) is 0 Å². The van der Waals surface area contributed by atoms with Gasteiger partial charge in [-0.15, -0.1) is 0 Å². The molecule has 0 bridgehead atoms. The topological polar surface area (TPSA) is 49.8 Å². The molecule has 1 aromatic rings. The van der Waals surface area contributed by atoms with Crippen LogP contribution in [0.25, 0.3) is 0 Å². The van der Waals surface area contributed by atoms with Gasteiger partial charge in [0.15, 0.2) is 0 Å². The molecule has 1 rings (SSSR count). The number of carbonyl (C=O) groups excluding carboxylic acids is 1. The van der Waals surface area contributed by atoms with Gasteiger partial charge in [0.25, 0.3) is 0 Å². The third-order valence-electron chi connectivity index (χ3n) is 3.09. The zero-order chi connectivity index (χ0) is 15.7. The Balaban J connectivity index is 2.54. The fourth-order valence-electron chi connectivity index (χ4n) is 1.99. The maximum absolute atomic E-state index is 12.1. The lowest BCUT2D eigenvalue weighted by atomic mass is 10.1. The van der Waals surface area contributed by atoms with E-state index in [1.165, 1.54) is 0 Å². The summed E-state index contributed by atoms with van der Waals surface area (Å²) in [4.78, 5) is 13.8. The minimum Gasteiger partial charge on any atom is -0.384 e. The molecule has 1 amide bonds. The van der Waals surface area contributed by atoms with E-state index >= 15 is 0 Å². The highest BCUT2D eigenvalue weighted by atomic mass is 16.5. The molecule has 4 heteroatoms. The third-order valence-corrected chi connectivity index (χ3v) is 3.09. The number of hydrogen-bond acceptors (Lipinski definition) is 3. The predicted molar refractivity (Wildman–Crippen MR) is 82.5 cm³/mol. The van der Waals surface area contributed by atoms with Gasteiger partial charge in [-0.05, 0) is 23.6 Å². The summed E-state index contributed by atoms with van der Waals surface area (Å²) in [5.41, 5.74) is 1.91. The summed E-state index contributed by atoms with van der Waals surface area (Å²) in [6.45, 7) is 3.03. The number of benzene rings is 1. The molecule has 0 spiro atoms. The van der Waals surface area contributed by atoms with Crippen LogP contribution in [-0.2, 0) is 16.1 Å². The molecule has 0 fully saturated rings. The minimum atomic E-state index is -0.140. The van der Waals surface area contributed by atoms with Gasteiger partial charge in [0.05, 0.1) is 0 Å². The average Bonchev–Trinajstić information content (AvgIpc) is 2.46. The molecule has 1 aromatic carbocycles. The van der Waals surface area contributed by atoms with E-state index < -0.39 is 0 Å². The largest absolute Gasteiger partial charge is 0.384 e. The molecule has 114 valence electrons. The Morgan fingerprint density at radius 1 is 1.38 bits per heavy atom. The Hall–Kier alpha value is -1.83. The molecule has 1 N–H and O–H groups in total. The Morgan fingerprint density at radius 2 is 2.05 bits per heavy atom. The second-order valence-corrected chi connectivity index (χ2v) is 5.17. The number of amides is 1. The highest BCUT2D eigenvalue weighted by molar-refractivity contribution is 5.76. The number of aliphatic hydroxyl groups is 1. The van der Waals surface area contributed by atoms with E-state index in [0.29, 0.717) is 19.6 Å². The Kier molecular flexibility index (Phi) is 7.52. The van der Waals surface area contributed by atoms with Crippen LogP contribution < -0.4 is 0 Å². The van der Waals surface area contributed by atoms with Crippen molar-refractivity contribution < 1.29 is 14.6 Å². The van der Waals surface area contributed by atoms with Crippen LogP contribution in [-0.4, -0.2) is 43.3 Å². The van der Waals surface area contributed by atoms with Crippen molar-refractivity contribution in [1.82, 2.24) is 4.90 Å². The summed E-state index contributed by atoms with van der Waals surface area (Å²) >= 11 is 0. The van der Waals surface area contributed by atoms with E-state index in [-0.39, 0.29) is 18.4 Å². The number of hydrogen-bond donors (Lipinski definition) is 1. The number of carbonyl (C=O) groups is 1. The Bertz CT molecular complexity index is 499. The predicted octanol–water partition coefficient (Wildman–Crippen LogP) is 1.66. The Labute approximate surface area is 126 Å². The van der Waals surface area contributed by atoms with Gasteiger partial charge in [-0.1, -0.05) is 30.9 Å². The van der Waals surface area contributed by atoms with Crippen molar-refractivity contribution in [3.63, 3.8) is 0 Å². The molecule has 4 nitrogen and oxygen atoms in total. The average molecular weight is 289 g/mol. The number of aliphatic hydroxyl groups excluding tert-OH is 1. The number of nitrogens with zero attached hydrogens (tertiary/aromatic N) is 1. The molecule has 0 saturated carbocycles. The second kappa shape index (κ2) is 9.17. The molecule has 0 aliphatic heterocycles. The number of rotatable bonds is 6. The van der Waals surface area contributed by atoms with Crippen LogP contribution in [0.5, 0.6) is 0 Å². The van der Waals surface area contributed by atoms with Crippen LogP contribution in [0.1, 0.15) is 24.5 Å². The van der Waals surface area contributed by atoms with Crippen LogP contribution in [0.4, 0.5) is 0 Å². The van der Waals surface area contributed by atoms with Crippen molar-refractivity contribution in [3.8, 4) is 11.8 Å². The molecule has 21 heavy (non-hydrogen) atoms. The highest BCUT2D eigenvalue weighted by Gasteiger charge is 2.13. The van der Waals surface area contributed by atoms with E-state index in [9.17, 15) is 4.79 Å². The van der Waals surface area contributed by atoms with Crippen LogP contribution in [0.3, 0.4) is 0 Å². The van der Waals surface area contributed by atoms with Crippen molar-refractivity contribution >= 4 is 5.91 Å². The summed E-state index contributed by atoms with van der Waals surface area (Å²) in [5.74, 6) is 5.79. The van der Waals surface area contributed by atoms with Gasteiger partial charge in [-0.3, -0.25) is 4.79 Å². The highest BCUT2D eigenvalue weighted by Crippen LogP contribution is 2.10. The Morgan fingerprint density at radius 3 is 2.62 bits per heavy atom. The van der Waals surface area contributed by atoms with E-state index in [1.54, 1.807) is 19.1 Å². The molecule has 0 aliphatic carbocycles. The quantitative estimate of drug-likeness (QED) is 0.810. The van der Waals surface area contributed by atoms with Crippen molar-refractivity contribution in [1.29, 1.82) is 0 Å². The molecule has 0 aromatic heterocycles. The van der Waals surface area contributed by atoms with Gasteiger partial charge in [-0.25, -0.2) is 0 Å². The summed E-state index contributed by atoms with van der Waals surface area (Å²) in [5, 5.41) is 8.65. The van der Waals surface area contributed by atoms with Crippen LogP contribution in [0.15, 0.2) is 24.3 Å². The maximum atomic E-state index is 12.1. The van der Waals surface area contributed by atoms with E-state index in [0.717, 1.165) is 11.1 Å². The van der Waals surface area contributed by atoms with E-state index in [2.05, 4.69) is 11.8 Å². The third kappa shape index (κ3) is 6.44. The maximum Gasteiger partial charge on any atom is 0.222 e. The zero-order valence-electron chi connectivity index (χ0n) is 12.9. The lowest BCUT2D eigenvalue weighted by Crippen LogP contribution is -2.28. The molecular formula is C17H23NO3. The molecule has 1 unspecified atom stereocenters. The van der Waals surface area contributed by atoms with Crippen LogP contribution >= 0.6 is 0 Å². The first-order valence-corrected chi connectivity index (χ1v) is 6.98. The lowest BCUT2D eigenvalue weighted by molar-refractivity contribution is -0.131. The molecular weight excluding hydrogens is 266 g/mol. The van der Waals surface area contributed by atoms with E-state index in [1.807, 2.05) is 31.2 Å². The smallest absolute Gasteiger partial charge is 0.222 e. The molecule has 0 heterocycles. The summed E-state index contributed by atoms with van der Waals surface area (Å²) in [7, 11) is 3.45. The first kappa shape index (κ1) is 17.2. The fourth-order valence-corrected chi connectivity index (χ4v) is 1.99. The van der Waals surface area contributed by atoms with E-state index in [4.69, 9.17) is 9.84 Å². The standard InChI is InChI=1S/C17H23NO3/c1-14(13-21-3)11-17(20)18(2)12-16-8-6-15(7-9-16)5-4-10-19/h6-9,14,19H,10-13H2,1-3H3. The van der Waals surface area contributed by atoms with Gasteiger partial charge in [0.1, 0.15) is 6.61 Å². The van der Waals surface area contributed by atoms with Crippen molar-refractivity contribution in [2.45, 2.75) is 19.9 Å². The lowest BCUT2D eigenvalue weighted by Gasteiger charge is -2.19. The van der Waals surface area contributed by atoms with Gasteiger partial charge in [0, 0.05) is 39.3 Å². The summed E-state index contributed by atoms with van der Waals surface area (Å²) < 4.78 is 5.05. The normalized spacial score (nSPS) is 11.4. The minimum absolute atomic E-state index is 0.115. The van der Waals surface area contributed by atoms with Crippen molar-refractivity contribution in [2.75, 3.05) is 27.4 Å². The monoisotopic (exact) mass is 289 g/mol. The van der Waals surface area contributed by atoms with Crippen LogP contribution in [0, 0.1) is 17.8 Å².